The van der Waals surface area contributed by atoms with Crippen molar-refractivity contribution in [1.29, 1.82) is 0 Å². The molecule has 0 saturated heterocycles. The van der Waals surface area contributed by atoms with E-state index in [9.17, 15) is 18.0 Å². The van der Waals surface area contributed by atoms with E-state index in [2.05, 4.69) is 10.0 Å². The third kappa shape index (κ3) is 4.98. The number of benzene rings is 1. The lowest BCUT2D eigenvalue weighted by Gasteiger charge is -2.07. The van der Waals surface area contributed by atoms with Crippen molar-refractivity contribution < 1.29 is 18.0 Å². The Morgan fingerprint density at radius 3 is 2.61 bits per heavy atom. The van der Waals surface area contributed by atoms with Gasteiger partial charge < -0.3 is 5.32 Å². The first-order valence-electron chi connectivity index (χ1n) is 6.82. The molecule has 0 fully saturated rings. The Hall–Kier alpha value is -2.03. The minimum absolute atomic E-state index is 0.00152. The van der Waals surface area contributed by atoms with Gasteiger partial charge in [-0.2, -0.15) is 0 Å². The largest absolute Gasteiger partial charge is 0.326 e. The van der Waals surface area contributed by atoms with E-state index >= 15 is 0 Å². The summed E-state index contributed by atoms with van der Waals surface area (Å²) in [6.45, 7) is 1.44. The van der Waals surface area contributed by atoms with Crippen LogP contribution in [0.15, 0.2) is 46.0 Å². The highest BCUT2D eigenvalue weighted by Gasteiger charge is 2.15. The minimum atomic E-state index is -3.56. The minimum Gasteiger partial charge on any atom is -0.326 e. The Morgan fingerprint density at radius 2 is 1.96 bits per heavy atom. The molecule has 2 N–H and O–H groups in total. The predicted octanol–water partition coefficient (Wildman–Crippen LogP) is 2.26. The van der Waals surface area contributed by atoms with Gasteiger partial charge in [-0.15, -0.1) is 11.3 Å². The van der Waals surface area contributed by atoms with Crippen LogP contribution < -0.4 is 10.0 Å². The van der Waals surface area contributed by atoms with Gasteiger partial charge >= 0.3 is 0 Å². The number of carbonyl (C=O) groups is 2. The molecule has 2 aromatic rings. The lowest BCUT2D eigenvalue weighted by atomic mass is 10.1. The van der Waals surface area contributed by atoms with E-state index in [1.165, 1.54) is 13.0 Å². The van der Waals surface area contributed by atoms with Crippen LogP contribution in [-0.2, 0) is 14.8 Å². The molecule has 0 spiro atoms. The standard InChI is InChI=1S/C15H16N2O4S2/c1-11(18)12-4-2-5-13(10-12)17-14(19)7-8-16-23(20,21)15-6-3-9-22-15/h2-6,9-10,16H,7-8H2,1H3,(H,17,19). The first kappa shape index (κ1) is 17.3. The van der Waals surface area contributed by atoms with Crippen LogP contribution >= 0.6 is 11.3 Å². The summed E-state index contributed by atoms with van der Waals surface area (Å²) in [5, 5.41) is 4.30. The third-order valence-electron chi connectivity index (χ3n) is 2.96. The van der Waals surface area contributed by atoms with Gasteiger partial charge in [0.2, 0.25) is 15.9 Å². The molecule has 1 amide bonds. The molecule has 6 nitrogen and oxygen atoms in total. The molecular weight excluding hydrogens is 336 g/mol. The van der Waals surface area contributed by atoms with E-state index in [-0.39, 0.29) is 28.9 Å². The van der Waals surface area contributed by atoms with Crippen molar-refractivity contribution in [3.8, 4) is 0 Å². The maximum atomic E-state index is 11.9. The summed E-state index contributed by atoms with van der Waals surface area (Å²) in [6.07, 6.45) is -0.00506. The molecule has 0 atom stereocenters. The highest BCUT2D eigenvalue weighted by molar-refractivity contribution is 7.91. The Balaban J connectivity index is 1.86. The highest BCUT2D eigenvalue weighted by atomic mass is 32.2. The van der Waals surface area contributed by atoms with Crippen molar-refractivity contribution in [2.45, 2.75) is 17.6 Å². The van der Waals surface area contributed by atoms with Crippen LogP contribution in [0.4, 0.5) is 5.69 Å². The summed E-state index contributed by atoms with van der Waals surface area (Å²) in [4.78, 5) is 23.1. The lowest BCUT2D eigenvalue weighted by molar-refractivity contribution is -0.116. The molecule has 0 aliphatic heterocycles. The fourth-order valence-electron chi connectivity index (χ4n) is 1.83. The number of amides is 1. The molecule has 122 valence electrons. The number of rotatable bonds is 7. The summed E-state index contributed by atoms with van der Waals surface area (Å²) < 4.78 is 26.4. The molecule has 8 heteroatoms. The van der Waals surface area contributed by atoms with Crippen LogP contribution in [0.1, 0.15) is 23.7 Å². The molecule has 0 saturated carbocycles. The third-order valence-corrected chi connectivity index (χ3v) is 5.82. The van der Waals surface area contributed by atoms with Crippen LogP contribution in [0.5, 0.6) is 0 Å². The number of thiophene rings is 1. The summed E-state index contributed by atoms with van der Waals surface area (Å²) in [7, 11) is -3.56. The van der Waals surface area contributed by atoms with E-state index in [0.29, 0.717) is 11.3 Å². The molecule has 0 aliphatic carbocycles. The zero-order valence-corrected chi connectivity index (χ0v) is 14.0. The van der Waals surface area contributed by atoms with E-state index in [0.717, 1.165) is 11.3 Å². The van der Waals surface area contributed by atoms with Gasteiger partial charge in [-0.3, -0.25) is 9.59 Å². The van der Waals surface area contributed by atoms with E-state index < -0.39 is 10.0 Å². The summed E-state index contributed by atoms with van der Waals surface area (Å²) in [5.74, 6) is -0.426. The van der Waals surface area contributed by atoms with Gasteiger partial charge in [0.25, 0.3) is 0 Å². The van der Waals surface area contributed by atoms with Gasteiger partial charge in [0.15, 0.2) is 5.78 Å². The van der Waals surface area contributed by atoms with Crippen LogP contribution in [0, 0.1) is 0 Å². The second kappa shape index (κ2) is 7.49. The second-order valence-electron chi connectivity index (χ2n) is 4.77. The van der Waals surface area contributed by atoms with Crippen LogP contribution in [0.3, 0.4) is 0 Å². The number of anilines is 1. The Kier molecular flexibility index (Phi) is 5.64. The van der Waals surface area contributed by atoms with Crippen molar-refractivity contribution >= 4 is 38.7 Å². The number of ketones is 1. The highest BCUT2D eigenvalue weighted by Crippen LogP contribution is 2.15. The molecule has 2 rings (SSSR count). The Bertz CT molecular complexity index is 799. The lowest BCUT2D eigenvalue weighted by Crippen LogP contribution is -2.27. The van der Waals surface area contributed by atoms with Gasteiger partial charge in [0.05, 0.1) is 0 Å². The molecule has 23 heavy (non-hydrogen) atoms. The summed E-state index contributed by atoms with van der Waals surface area (Å²) in [6, 6.07) is 9.73. The molecule has 0 radical (unpaired) electrons. The van der Waals surface area contributed by atoms with Gasteiger partial charge in [-0.1, -0.05) is 18.2 Å². The van der Waals surface area contributed by atoms with Gasteiger partial charge in [0, 0.05) is 24.2 Å². The molecule has 1 aromatic heterocycles. The maximum Gasteiger partial charge on any atom is 0.250 e. The number of hydrogen-bond acceptors (Lipinski definition) is 5. The number of nitrogens with one attached hydrogen (secondary N) is 2. The summed E-state index contributed by atoms with van der Waals surface area (Å²) >= 11 is 1.11. The smallest absolute Gasteiger partial charge is 0.250 e. The van der Waals surface area contributed by atoms with Crippen molar-refractivity contribution in [1.82, 2.24) is 4.72 Å². The number of sulfonamides is 1. The van der Waals surface area contributed by atoms with Crippen molar-refractivity contribution in [2.75, 3.05) is 11.9 Å². The normalized spacial score (nSPS) is 11.2. The van der Waals surface area contributed by atoms with Crippen molar-refractivity contribution in [3.05, 3.63) is 47.3 Å². The average Bonchev–Trinajstić information content (AvgIpc) is 3.02. The van der Waals surface area contributed by atoms with E-state index in [4.69, 9.17) is 0 Å². The molecule has 0 unspecified atom stereocenters. The Morgan fingerprint density at radius 1 is 1.17 bits per heavy atom. The number of hydrogen-bond donors (Lipinski definition) is 2. The maximum absolute atomic E-state index is 11.9. The fraction of sp³-hybridized carbons (Fsp3) is 0.200. The van der Waals surface area contributed by atoms with Crippen LogP contribution in [-0.4, -0.2) is 26.7 Å². The predicted molar refractivity (Wildman–Crippen MR) is 89.2 cm³/mol. The van der Waals surface area contributed by atoms with Crippen molar-refractivity contribution in [2.24, 2.45) is 0 Å². The SMILES string of the molecule is CC(=O)c1cccc(NC(=O)CCNS(=O)(=O)c2cccs2)c1. The average molecular weight is 352 g/mol. The topological polar surface area (TPSA) is 92.3 Å². The first-order chi connectivity index (χ1) is 10.9. The number of carbonyl (C=O) groups excluding carboxylic acids is 2. The number of Topliss-reactive ketones (excluding diaryl/α,β-unsaturated/α-hetero) is 1. The summed E-state index contributed by atoms with van der Waals surface area (Å²) in [5.41, 5.74) is 1.00. The monoisotopic (exact) mass is 352 g/mol. The van der Waals surface area contributed by atoms with Crippen LogP contribution in [0.25, 0.3) is 0 Å². The van der Waals surface area contributed by atoms with Crippen molar-refractivity contribution in [3.63, 3.8) is 0 Å². The van der Waals surface area contributed by atoms with Crippen LogP contribution in [0.2, 0.25) is 0 Å². The quantitative estimate of drug-likeness (QED) is 0.748. The second-order valence-corrected chi connectivity index (χ2v) is 7.71. The van der Waals surface area contributed by atoms with E-state index in [1.807, 2.05) is 0 Å². The zero-order chi connectivity index (χ0) is 16.9. The molecule has 1 aromatic carbocycles. The molecular formula is C15H16N2O4S2. The van der Waals surface area contributed by atoms with Gasteiger partial charge in [-0.25, -0.2) is 13.1 Å². The first-order valence-corrected chi connectivity index (χ1v) is 9.19. The van der Waals surface area contributed by atoms with E-state index in [1.54, 1.807) is 35.7 Å². The Labute approximate surface area is 138 Å². The zero-order valence-electron chi connectivity index (χ0n) is 12.4. The van der Waals surface area contributed by atoms with Gasteiger partial charge in [-0.05, 0) is 30.5 Å². The molecule has 0 bridgehead atoms. The molecule has 1 heterocycles. The molecule has 0 aliphatic rings. The van der Waals surface area contributed by atoms with Gasteiger partial charge in [0.1, 0.15) is 4.21 Å². The fourth-order valence-corrected chi connectivity index (χ4v) is 3.90.